The molecule has 1 aliphatic heterocycles. The quantitative estimate of drug-likeness (QED) is 0.822. The van der Waals surface area contributed by atoms with E-state index in [9.17, 15) is 4.79 Å². The molecule has 0 bridgehead atoms. The fourth-order valence-corrected chi connectivity index (χ4v) is 3.21. The molecule has 2 aromatic rings. The molecule has 2 heterocycles. The fraction of sp³-hybridized carbons (Fsp3) is 0.400. The van der Waals surface area contributed by atoms with Crippen LogP contribution in [0, 0.1) is 0 Å². The van der Waals surface area contributed by atoms with Gasteiger partial charge in [0.1, 0.15) is 0 Å². The van der Waals surface area contributed by atoms with E-state index in [1.807, 2.05) is 17.0 Å². The fourth-order valence-electron chi connectivity index (χ4n) is 3.21. The number of hydrogen-bond acceptors (Lipinski definition) is 6. The zero-order valence-corrected chi connectivity index (χ0v) is 16.5. The highest BCUT2D eigenvalue weighted by Crippen LogP contribution is 2.39. The molecule has 0 spiro atoms. The van der Waals surface area contributed by atoms with Crippen molar-refractivity contribution in [3.05, 3.63) is 42.2 Å². The van der Waals surface area contributed by atoms with Crippen LogP contribution in [-0.4, -0.2) is 68.3 Å². The number of aromatic nitrogens is 1. The van der Waals surface area contributed by atoms with Crippen LogP contribution >= 0.6 is 0 Å². The van der Waals surface area contributed by atoms with Crippen molar-refractivity contribution in [2.24, 2.45) is 0 Å². The second-order valence-electron chi connectivity index (χ2n) is 6.46. The number of ether oxygens (including phenoxy) is 3. The van der Waals surface area contributed by atoms with E-state index in [-0.39, 0.29) is 6.03 Å². The predicted molar refractivity (Wildman–Crippen MR) is 106 cm³/mol. The Morgan fingerprint density at radius 1 is 1.00 bits per heavy atom. The molecule has 3 rings (SSSR count). The van der Waals surface area contributed by atoms with Crippen LogP contribution < -0.4 is 19.5 Å². The van der Waals surface area contributed by atoms with Crippen molar-refractivity contribution >= 4 is 11.7 Å². The first-order valence-electron chi connectivity index (χ1n) is 9.11. The number of pyridine rings is 1. The van der Waals surface area contributed by atoms with Gasteiger partial charge in [-0.3, -0.25) is 9.88 Å². The van der Waals surface area contributed by atoms with E-state index in [4.69, 9.17) is 14.2 Å². The van der Waals surface area contributed by atoms with Gasteiger partial charge in [0.05, 0.1) is 27.0 Å². The highest BCUT2D eigenvalue weighted by molar-refractivity contribution is 5.90. The summed E-state index contributed by atoms with van der Waals surface area (Å²) in [6, 6.07) is 7.34. The molecule has 0 aliphatic carbocycles. The van der Waals surface area contributed by atoms with Crippen LogP contribution in [0.1, 0.15) is 5.56 Å². The van der Waals surface area contributed by atoms with Crippen LogP contribution in [0.5, 0.6) is 17.2 Å². The molecular weight excluding hydrogens is 360 g/mol. The molecule has 8 heteroatoms. The van der Waals surface area contributed by atoms with Crippen molar-refractivity contribution in [2.45, 2.75) is 6.54 Å². The van der Waals surface area contributed by atoms with Crippen molar-refractivity contribution < 1.29 is 19.0 Å². The van der Waals surface area contributed by atoms with Crippen LogP contribution in [0.25, 0.3) is 0 Å². The van der Waals surface area contributed by atoms with Gasteiger partial charge in [-0.1, -0.05) is 0 Å². The van der Waals surface area contributed by atoms with Gasteiger partial charge in [0.2, 0.25) is 5.75 Å². The maximum Gasteiger partial charge on any atom is 0.321 e. The Morgan fingerprint density at radius 2 is 1.61 bits per heavy atom. The SMILES string of the molecule is COc1cc(NC(=O)N2CCN(Cc3ccncc3)CC2)cc(OC)c1OC. The van der Waals surface area contributed by atoms with Crippen molar-refractivity contribution in [2.75, 3.05) is 52.8 Å². The number of anilines is 1. The molecule has 1 aromatic carbocycles. The lowest BCUT2D eigenvalue weighted by molar-refractivity contribution is 0.143. The molecule has 1 fully saturated rings. The van der Waals surface area contributed by atoms with Crippen LogP contribution in [0.15, 0.2) is 36.7 Å². The van der Waals surface area contributed by atoms with Crippen LogP contribution in [0.4, 0.5) is 10.5 Å². The van der Waals surface area contributed by atoms with Crippen LogP contribution in [0.3, 0.4) is 0 Å². The molecule has 1 aromatic heterocycles. The second-order valence-corrected chi connectivity index (χ2v) is 6.46. The average molecular weight is 386 g/mol. The van der Waals surface area contributed by atoms with Gasteiger partial charge < -0.3 is 24.4 Å². The molecule has 0 atom stereocenters. The Kier molecular flexibility index (Phi) is 6.54. The molecule has 2 amide bonds. The summed E-state index contributed by atoms with van der Waals surface area (Å²) < 4.78 is 16.0. The third-order valence-electron chi connectivity index (χ3n) is 4.73. The zero-order chi connectivity index (χ0) is 19.9. The first-order chi connectivity index (χ1) is 13.6. The summed E-state index contributed by atoms with van der Waals surface area (Å²) >= 11 is 0. The minimum atomic E-state index is -0.141. The highest BCUT2D eigenvalue weighted by atomic mass is 16.5. The van der Waals surface area contributed by atoms with Gasteiger partial charge in [-0.2, -0.15) is 0 Å². The zero-order valence-electron chi connectivity index (χ0n) is 16.5. The molecule has 8 nitrogen and oxygen atoms in total. The third-order valence-corrected chi connectivity index (χ3v) is 4.73. The first kappa shape index (κ1) is 19.8. The number of urea groups is 1. The Bertz CT molecular complexity index is 767. The molecule has 1 N–H and O–H groups in total. The number of carbonyl (C=O) groups excluding carboxylic acids is 1. The lowest BCUT2D eigenvalue weighted by Crippen LogP contribution is -2.49. The van der Waals surface area contributed by atoms with Gasteiger partial charge in [-0.05, 0) is 17.7 Å². The van der Waals surface area contributed by atoms with Crippen LogP contribution in [0.2, 0.25) is 0 Å². The Morgan fingerprint density at radius 3 is 2.14 bits per heavy atom. The molecule has 1 saturated heterocycles. The summed E-state index contributed by atoms with van der Waals surface area (Å²) in [6.07, 6.45) is 3.60. The summed E-state index contributed by atoms with van der Waals surface area (Å²) in [7, 11) is 4.64. The standard InChI is InChI=1S/C20H26N4O4/c1-26-17-12-16(13-18(27-2)19(17)28-3)22-20(25)24-10-8-23(9-11-24)14-15-4-6-21-7-5-15/h4-7,12-13H,8-11,14H2,1-3H3,(H,22,25). The van der Waals surface area contributed by atoms with E-state index in [0.717, 1.165) is 19.6 Å². The molecule has 1 aliphatic rings. The maximum absolute atomic E-state index is 12.7. The maximum atomic E-state index is 12.7. The van der Waals surface area contributed by atoms with Gasteiger partial charge in [0.25, 0.3) is 0 Å². The third kappa shape index (κ3) is 4.64. The normalized spacial score (nSPS) is 14.5. The molecule has 0 radical (unpaired) electrons. The second kappa shape index (κ2) is 9.27. The summed E-state index contributed by atoms with van der Waals surface area (Å²) in [5.74, 6) is 1.49. The molecular formula is C20H26N4O4. The number of amides is 2. The number of rotatable bonds is 6. The monoisotopic (exact) mass is 386 g/mol. The van der Waals surface area contributed by atoms with E-state index >= 15 is 0 Å². The molecule has 0 saturated carbocycles. The van der Waals surface area contributed by atoms with Gasteiger partial charge >= 0.3 is 6.03 Å². The minimum Gasteiger partial charge on any atom is -0.493 e. The summed E-state index contributed by atoms with van der Waals surface area (Å²) in [5.41, 5.74) is 1.82. The first-order valence-corrected chi connectivity index (χ1v) is 9.11. The minimum absolute atomic E-state index is 0.141. The number of nitrogens with one attached hydrogen (secondary N) is 1. The Hall–Kier alpha value is -3.00. The number of methoxy groups -OCH3 is 3. The van der Waals surface area contributed by atoms with E-state index < -0.39 is 0 Å². The summed E-state index contributed by atoms with van der Waals surface area (Å²) in [4.78, 5) is 20.8. The average Bonchev–Trinajstić information content (AvgIpc) is 2.74. The van der Waals surface area contributed by atoms with Crippen molar-refractivity contribution in [1.82, 2.24) is 14.8 Å². The smallest absolute Gasteiger partial charge is 0.321 e. The largest absolute Gasteiger partial charge is 0.493 e. The van der Waals surface area contributed by atoms with Gasteiger partial charge in [0, 0.05) is 57.3 Å². The van der Waals surface area contributed by atoms with Gasteiger partial charge in [-0.25, -0.2) is 4.79 Å². The van der Waals surface area contributed by atoms with Gasteiger partial charge in [-0.15, -0.1) is 0 Å². The van der Waals surface area contributed by atoms with E-state index in [1.165, 1.54) is 5.56 Å². The summed E-state index contributed by atoms with van der Waals surface area (Å²) in [6.45, 7) is 3.85. The number of carbonyl (C=O) groups is 1. The van der Waals surface area contributed by atoms with Crippen molar-refractivity contribution in [3.8, 4) is 17.2 Å². The van der Waals surface area contributed by atoms with Crippen LogP contribution in [-0.2, 0) is 6.54 Å². The molecule has 28 heavy (non-hydrogen) atoms. The number of benzene rings is 1. The summed E-state index contributed by atoms with van der Waals surface area (Å²) in [5, 5.41) is 2.92. The number of piperazine rings is 1. The Balaban J connectivity index is 1.58. The van der Waals surface area contributed by atoms with E-state index in [0.29, 0.717) is 36.0 Å². The number of hydrogen-bond donors (Lipinski definition) is 1. The van der Waals surface area contributed by atoms with E-state index in [2.05, 4.69) is 15.2 Å². The van der Waals surface area contributed by atoms with Gasteiger partial charge in [0.15, 0.2) is 11.5 Å². The lowest BCUT2D eigenvalue weighted by Gasteiger charge is -2.34. The molecule has 0 unspecified atom stereocenters. The van der Waals surface area contributed by atoms with E-state index in [1.54, 1.807) is 45.9 Å². The predicted octanol–water partition coefficient (Wildman–Crippen LogP) is 2.46. The van der Waals surface area contributed by atoms with Crippen molar-refractivity contribution in [3.63, 3.8) is 0 Å². The Labute approximate surface area is 165 Å². The number of nitrogens with zero attached hydrogens (tertiary/aromatic N) is 3. The van der Waals surface area contributed by atoms with Crippen molar-refractivity contribution in [1.29, 1.82) is 0 Å². The lowest BCUT2D eigenvalue weighted by atomic mass is 10.2. The molecule has 150 valence electrons. The highest BCUT2D eigenvalue weighted by Gasteiger charge is 2.22. The topological polar surface area (TPSA) is 76.2 Å².